The highest BCUT2D eigenvalue weighted by atomic mass is 35.5. The van der Waals surface area contributed by atoms with Gasteiger partial charge < -0.3 is 15.2 Å². The molecule has 1 atom stereocenters. The smallest absolute Gasteiger partial charge is 0.0897 e. The molecule has 0 aliphatic heterocycles. The van der Waals surface area contributed by atoms with Gasteiger partial charge in [-0.2, -0.15) is 0 Å². The Labute approximate surface area is 139 Å². The number of benzene rings is 1. The Bertz CT molecular complexity index is 419. The van der Waals surface area contributed by atoms with Gasteiger partial charge in [0.15, 0.2) is 0 Å². The molecular formula is C18H28ClNO2. The second-order valence-corrected chi connectivity index (χ2v) is 6.62. The molecule has 0 bridgehead atoms. The number of aliphatic hydroxyl groups excluding tert-OH is 1. The van der Waals surface area contributed by atoms with Crippen LogP contribution >= 0.6 is 11.6 Å². The zero-order chi connectivity index (χ0) is 15.6. The molecule has 22 heavy (non-hydrogen) atoms. The largest absolute Gasteiger partial charge is 0.389 e. The predicted molar refractivity (Wildman–Crippen MR) is 91.2 cm³/mol. The quantitative estimate of drug-likeness (QED) is 0.798. The van der Waals surface area contributed by atoms with E-state index in [-0.39, 0.29) is 0 Å². The van der Waals surface area contributed by atoms with Crippen molar-refractivity contribution in [2.45, 2.75) is 63.7 Å². The second-order valence-electron chi connectivity index (χ2n) is 6.21. The summed E-state index contributed by atoms with van der Waals surface area (Å²) in [6, 6.07) is 8.20. The summed E-state index contributed by atoms with van der Waals surface area (Å²) in [5.41, 5.74) is 0.962. The van der Waals surface area contributed by atoms with Crippen LogP contribution in [0.15, 0.2) is 24.3 Å². The molecule has 4 heteroatoms. The average Bonchev–Trinajstić information content (AvgIpc) is 2.48. The summed E-state index contributed by atoms with van der Waals surface area (Å²) in [4.78, 5) is 0. The van der Waals surface area contributed by atoms with Gasteiger partial charge in [-0.15, -0.1) is 0 Å². The number of aliphatic hydroxyl groups is 1. The Balaban J connectivity index is 1.61. The Kier molecular flexibility index (Phi) is 8.24. The molecule has 0 spiro atoms. The lowest BCUT2D eigenvalue weighted by Gasteiger charge is -2.22. The van der Waals surface area contributed by atoms with Crippen molar-refractivity contribution in [3.63, 3.8) is 0 Å². The fourth-order valence-electron chi connectivity index (χ4n) is 2.94. The summed E-state index contributed by atoms with van der Waals surface area (Å²) in [6.45, 7) is 1.39. The molecule has 124 valence electrons. The minimum absolute atomic E-state index is 0.338. The van der Waals surface area contributed by atoms with Crippen LogP contribution in [-0.4, -0.2) is 30.4 Å². The van der Waals surface area contributed by atoms with Crippen LogP contribution in [0.4, 0.5) is 0 Å². The van der Waals surface area contributed by atoms with Gasteiger partial charge in [0.2, 0.25) is 0 Å². The van der Waals surface area contributed by atoms with E-state index in [0.717, 1.165) is 5.56 Å². The van der Waals surface area contributed by atoms with Gasteiger partial charge in [-0.25, -0.2) is 0 Å². The van der Waals surface area contributed by atoms with Gasteiger partial charge in [0, 0.05) is 17.6 Å². The molecular weight excluding hydrogens is 298 g/mol. The Morgan fingerprint density at radius 2 is 1.82 bits per heavy atom. The van der Waals surface area contributed by atoms with Crippen LogP contribution in [0.2, 0.25) is 5.02 Å². The Morgan fingerprint density at radius 1 is 1.14 bits per heavy atom. The third-order valence-corrected chi connectivity index (χ3v) is 4.64. The van der Waals surface area contributed by atoms with Crippen molar-refractivity contribution in [3.05, 3.63) is 34.9 Å². The third-order valence-electron chi connectivity index (χ3n) is 4.27. The number of ether oxygens (including phenoxy) is 1. The van der Waals surface area contributed by atoms with Crippen molar-refractivity contribution in [1.29, 1.82) is 0 Å². The van der Waals surface area contributed by atoms with Gasteiger partial charge in [0.25, 0.3) is 0 Å². The molecule has 2 rings (SSSR count). The average molecular weight is 326 g/mol. The summed E-state index contributed by atoms with van der Waals surface area (Å²) in [5, 5.41) is 14.2. The highest BCUT2D eigenvalue weighted by Gasteiger charge is 2.13. The van der Waals surface area contributed by atoms with E-state index in [4.69, 9.17) is 16.3 Å². The van der Waals surface area contributed by atoms with Gasteiger partial charge >= 0.3 is 0 Å². The third kappa shape index (κ3) is 6.66. The van der Waals surface area contributed by atoms with Gasteiger partial charge in [-0.1, -0.05) is 61.9 Å². The van der Waals surface area contributed by atoms with Gasteiger partial charge in [0.05, 0.1) is 19.3 Å². The van der Waals surface area contributed by atoms with Crippen molar-refractivity contribution in [2.24, 2.45) is 0 Å². The summed E-state index contributed by atoms with van der Waals surface area (Å²) in [6.07, 6.45) is 8.68. The monoisotopic (exact) mass is 325 g/mol. The van der Waals surface area contributed by atoms with Crippen LogP contribution in [0.25, 0.3) is 0 Å². The normalized spacial score (nSPS) is 18.6. The maximum atomic E-state index is 10.0. The lowest BCUT2D eigenvalue weighted by atomic mass is 9.96. The Hall–Kier alpha value is -0.610. The zero-order valence-corrected chi connectivity index (χ0v) is 14.0. The Morgan fingerprint density at radius 3 is 2.55 bits per heavy atom. The van der Waals surface area contributed by atoms with Crippen LogP contribution < -0.4 is 5.32 Å². The first kappa shape index (κ1) is 17.7. The van der Waals surface area contributed by atoms with E-state index < -0.39 is 6.10 Å². The topological polar surface area (TPSA) is 41.5 Å². The van der Waals surface area contributed by atoms with Gasteiger partial charge in [-0.3, -0.25) is 0 Å². The van der Waals surface area contributed by atoms with Crippen LogP contribution in [-0.2, 0) is 11.3 Å². The fraction of sp³-hybridized carbons (Fsp3) is 0.667. The van der Waals surface area contributed by atoms with Crippen molar-refractivity contribution in [2.75, 3.05) is 13.2 Å². The van der Waals surface area contributed by atoms with E-state index in [1.165, 1.54) is 44.9 Å². The van der Waals surface area contributed by atoms with E-state index >= 15 is 0 Å². The number of nitrogens with one attached hydrogen (secondary N) is 1. The van der Waals surface area contributed by atoms with E-state index in [1.807, 2.05) is 24.3 Å². The standard InChI is InChI=1S/C18H28ClNO2/c19-18-11-7-6-8-15(18)13-22-14-17(21)12-20-16-9-4-2-1-3-5-10-16/h6-8,11,16-17,20-21H,1-5,9-10,12-14H2. The van der Waals surface area contributed by atoms with Crippen LogP contribution in [0.3, 0.4) is 0 Å². The lowest BCUT2D eigenvalue weighted by molar-refractivity contribution is 0.0272. The molecule has 1 aliphatic carbocycles. The maximum Gasteiger partial charge on any atom is 0.0897 e. The second kappa shape index (κ2) is 10.2. The van der Waals surface area contributed by atoms with E-state index in [2.05, 4.69) is 5.32 Å². The molecule has 1 aliphatic rings. The first-order chi connectivity index (χ1) is 10.8. The molecule has 1 fully saturated rings. The summed E-state index contributed by atoms with van der Waals surface area (Å²) >= 11 is 6.08. The minimum Gasteiger partial charge on any atom is -0.389 e. The SMILES string of the molecule is OC(CNC1CCCCCCC1)COCc1ccccc1Cl. The molecule has 1 aromatic carbocycles. The molecule has 3 nitrogen and oxygen atoms in total. The highest BCUT2D eigenvalue weighted by molar-refractivity contribution is 6.31. The highest BCUT2D eigenvalue weighted by Crippen LogP contribution is 2.17. The fourth-order valence-corrected chi connectivity index (χ4v) is 3.13. The molecule has 1 saturated carbocycles. The molecule has 0 heterocycles. The molecule has 0 amide bonds. The van der Waals surface area contributed by atoms with E-state index in [1.54, 1.807) is 0 Å². The van der Waals surface area contributed by atoms with Crippen LogP contribution in [0, 0.1) is 0 Å². The van der Waals surface area contributed by atoms with Gasteiger partial charge in [0.1, 0.15) is 0 Å². The first-order valence-corrected chi connectivity index (χ1v) is 8.86. The number of hydrogen-bond donors (Lipinski definition) is 2. The van der Waals surface area contributed by atoms with Gasteiger partial charge in [-0.05, 0) is 24.5 Å². The van der Waals surface area contributed by atoms with Crippen molar-refractivity contribution in [3.8, 4) is 0 Å². The van der Waals surface area contributed by atoms with E-state index in [0.29, 0.717) is 30.8 Å². The first-order valence-electron chi connectivity index (χ1n) is 8.48. The zero-order valence-electron chi connectivity index (χ0n) is 13.3. The molecule has 2 N–H and O–H groups in total. The number of hydrogen-bond acceptors (Lipinski definition) is 3. The predicted octanol–water partition coefficient (Wildman–Crippen LogP) is 3.92. The van der Waals surface area contributed by atoms with Crippen molar-refractivity contribution in [1.82, 2.24) is 5.32 Å². The summed E-state index contributed by atoms with van der Waals surface area (Å²) < 4.78 is 5.57. The van der Waals surface area contributed by atoms with Crippen LogP contribution in [0.1, 0.15) is 50.5 Å². The number of rotatable bonds is 7. The summed E-state index contributed by atoms with van der Waals surface area (Å²) in [5.74, 6) is 0. The van der Waals surface area contributed by atoms with Crippen molar-refractivity contribution >= 4 is 11.6 Å². The van der Waals surface area contributed by atoms with E-state index in [9.17, 15) is 5.11 Å². The van der Waals surface area contributed by atoms with Crippen LogP contribution in [0.5, 0.6) is 0 Å². The van der Waals surface area contributed by atoms with Crippen molar-refractivity contribution < 1.29 is 9.84 Å². The number of halogens is 1. The lowest BCUT2D eigenvalue weighted by Crippen LogP contribution is -2.37. The minimum atomic E-state index is -0.465. The maximum absolute atomic E-state index is 10.0. The molecule has 0 saturated heterocycles. The molecule has 0 radical (unpaired) electrons. The molecule has 1 aromatic rings. The molecule has 1 unspecified atom stereocenters. The summed E-state index contributed by atoms with van der Waals surface area (Å²) in [7, 11) is 0. The molecule has 0 aromatic heterocycles.